The number of tetrazole rings is 1. The Balaban J connectivity index is 1.60. The van der Waals surface area contributed by atoms with Crippen LogP contribution in [0.1, 0.15) is 86.7 Å². The SMILES string of the molecule is CCOc1cc([C@@H](C)NC(=O)N(CCCCc2ccccc2)C2(c3nn[nH]n3)CC(F)(F)C2)cc(OCC)c1C(C)=O. The maximum absolute atomic E-state index is 14.4. The number of hydrogen-bond acceptors (Lipinski definition) is 7. The van der Waals surface area contributed by atoms with E-state index in [-0.39, 0.29) is 18.2 Å². The number of hydrogen-bond donors (Lipinski definition) is 2. The number of nitrogens with one attached hydrogen (secondary N) is 2. The number of alkyl halides is 2. The monoisotopic (exact) mass is 584 g/mol. The standard InChI is InChI=1S/C30H38F2N6O4/c1-5-41-24-16-23(17-25(42-6-2)26(24)21(4)39)20(3)33-28(40)38(15-11-10-14-22-12-8-7-9-13-22)29(18-30(31,32)19-29)27-34-36-37-35-27/h7-9,12-13,16-17,20H,5-6,10-11,14-15,18-19H2,1-4H3,(H,33,40)(H,34,35,36,37)/t20-/m1/s1. The van der Waals surface area contributed by atoms with Crippen LogP contribution in [0.15, 0.2) is 42.5 Å². The second-order valence-corrected chi connectivity index (χ2v) is 10.6. The van der Waals surface area contributed by atoms with E-state index in [2.05, 4.69) is 25.9 Å². The van der Waals surface area contributed by atoms with Crippen molar-refractivity contribution in [3.8, 4) is 11.5 Å². The number of Topliss-reactive ketones (excluding diaryl/α,β-unsaturated/α-hetero) is 1. The van der Waals surface area contributed by atoms with E-state index < -0.39 is 36.4 Å². The van der Waals surface area contributed by atoms with E-state index in [4.69, 9.17) is 9.47 Å². The summed E-state index contributed by atoms with van der Waals surface area (Å²) < 4.78 is 40.3. The highest BCUT2D eigenvalue weighted by Gasteiger charge is 2.64. The van der Waals surface area contributed by atoms with Crippen LogP contribution in [-0.4, -0.2) is 63.0 Å². The summed E-state index contributed by atoms with van der Waals surface area (Å²) in [7, 11) is 0. The van der Waals surface area contributed by atoms with E-state index in [0.29, 0.717) is 42.3 Å². The van der Waals surface area contributed by atoms with E-state index in [1.54, 1.807) is 19.1 Å². The second-order valence-electron chi connectivity index (χ2n) is 10.6. The molecule has 1 aliphatic carbocycles. The van der Waals surface area contributed by atoms with Crippen LogP contribution in [0.4, 0.5) is 13.6 Å². The minimum Gasteiger partial charge on any atom is -0.493 e. The minimum atomic E-state index is -2.96. The Hall–Kier alpha value is -4.09. The summed E-state index contributed by atoms with van der Waals surface area (Å²) >= 11 is 0. The first-order valence-electron chi connectivity index (χ1n) is 14.3. The van der Waals surface area contributed by atoms with Crippen molar-refractivity contribution in [2.75, 3.05) is 19.8 Å². The highest BCUT2D eigenvalue weighted by atomic mass is 19.3. The molecule has 3 aromatic rings. The zero-order valence-corrected chi connectivity index (χ0v) is 24.5. The van der Waals surface area contributed by atoms with E-state index in [1.165, 1.54) is 11.8 Å². The summed E-state index contributed by atoms with van der Waals surface area (Å²) in [6.07, 6.45) is 0.926. The fourth-order valence-electron chi connectivity index (χ4n) is 5.48. The predicted octanol–water partition coefficient (Wildman–Crippen LogP) is 5.62. The van der Waals surface area contributed by atoms with Crippen LogP contribution in [0, 0.1) is 0 Å². The Bertz CT molecular complexity index is 1320. The summed E-state index contributed by atoms with van der Waals surface area (Å²) in [6, 6.07) is 12.2. The number of rotatable bonds is 14. The van der Waals surface area contributed by atoms with E-state index >= 15 is 0 Å². The summed E-state index contributed by atoms with van der Waals surface area (Å²) in [4.78, 5) is 27.7. The number of H-pyrrole nitrogens is 1. The third-order valence-corrected chi connectivity index (χ3v) is 7.45. The fraction of sp³-hybridized carbons (Fsp3) is 0.500. The number of ketones is 1. The first kappa shape index (κ1) is 30.9. The number of urea groups is 1. The Morgan fingerprint density at radius 1 is 1.07 bits per heavy atom. The Kier molecular flexibility index (Phi) is 9.74. The number of carbonyl (C=O) groups is 2. The molecule has 12 heteroatoms. The lowest BCUT2D eigenvalue weighted by atomic mass is 9.71. The van der Waals surface area contributed by atoms with Gasteiger partial charge in [-0.3, -0.25) is 4.79 Å². The van der Waals surface area contributed by atoms with Crippen molar-refractivity contribution in [3.05, 3.63) is 65.0 Å². The lowest BCUT2D eigenvalue weighted by molar-refractivity contribution is -0.172. The van der Waals surface area contributed by atoms with Gasteiger partial charge < -0.3 is 19.7 Å². The van der Waals surface area contributed by atoms with Gasteiger partial charge >= 0.3 is 6.03 Å². The second kappa shape index (κ2) is 13.3. The van der Waals surface area contributed by atoms with Crippen LogP contribution < -0.4 is 14.8 Å². The first-order valence-corrected chi connectivity index (χ1v) is 14.3. The molecule has 1 atom stereocenters. The molecule has 2 aromatic carbocycles. The van der Waals surface area contributed by atoms with Gasteiger partial charge in [-0.05, 0) is 70.2 Å². The number of carbonyl (C=O) groups excluding carboxylic acids is 2. The molecule has 0 saturated heterocycles. The van der Waals surface area contributed by atoms with Crippen LogP contribution >= 0.6 is 0 Å². The lowest BCUT2D eigenvalue weighted by Gasteiger charge is -2.51. The van der Waals surface area contributed by atoms with Crippen LogP contribution in [0.3, 0.4) is 0 Å². The number of amides is 2. The molecular weight excluding hydrogens is 546 g/mol. The quantitative estimate of drug-likeness (QED) is 0.186. The number of ether oxygens (including phenoxy) is 2. The minimum absolute atomic E-state index is 0.0577. The van der Waals surface area contributed by atoms with Gasteiger partial charge in [-0.15, -0.1) is 10.2 Å². The average molecular weight is 585 g/mol. The predicted molar refractivity (Wildman–Crippen MR) is 152 cm³/mol. The molecule has 2 amide bonds. The van der Waals surface area contributed by atoms with Gasteiger partial charge in [-0.25, -0.2) is 13.6 Å². The summed E-state index contributed by atoms with van der Waals surface area (Å²) in [5, 5.41) is 16.9. The molecule has 0 bridgehead atoms. The Morgan fingerprint density at radius 3 is 2.24 bits per heavy atom. The number of benzene rings is 2. The van der Waals surface area contributed by atoms with Crippen molar-refractivity contribution < 1.29 is 27.8 Å². The highest BCUT2D eigenvalue weighted by Crippen LogP contribution is 2.54. The summed E-state index contributed by atoms with van der Waals surface area (Å²) in [6.45, 7) is 7.70. The van der Waals surface area contributed by atoms with Crippen molar-refractivity contribution in [2.45, 2.75) is 77.3 Å². The third kappa shape index (κ3) is 6.85. The number of aromatic nitrogens is 4. The van der Waals surface area contributed by atoms with E-state index in [1.807, 2.05) is 44.2 Å². The third-order valence-electron chi connectivity index (χ3n) is 7.45. The number of aryl methyl sites for hydroxylation is 1. The van der Waals surface area contributed by atoms with Crippen LogP contribution in [-0.2, 0) is 12.0 Å². The average Bonchev–Trinajstić information content (AvgIpc) is 3.47. The largest absolute Gasteiger partial charge is 0.493 e. The Morgan fingerprint density at radius 2 is 1.71 bits per heavy atom. The summed E-state index contributed by atoms with van der Waals surface area (Å²) in [5.74, 6) is -2.41. The van der Waals surface area contributed by atoms with Crippen LogP contribution in [0.5, 0.6) is 11.5 Å². The number of unbranched alkanes of at least 4 members (excludes halogenated alkanes) is 1. The normalized spacial score (nSPS) is 15.8. The molecule has 0 spiro atoms. The van der Waals surface area contributed by atoms with E-state index in [0.717, 1.165) is 18.4 Å². The maximum atomic E-state index is 14.4. The van der Waals surface area contributed by atoms with Gasteiger partial charge in [0.1, 0.15) is 22.6 Å². The van der Waals surface area contributed by atoms with Gasteiger partial charge in [-0.2, -0.15) is 5.21 Å². The molecule has 2 N–H and O–H groups in total. The molecule has 0 radical (unpaired) electrons. The van der Waals surface area contributed by atoms with Crippen LogP contribution in [0.2, 0.25) is 0 Å². The number of aromatic amines is 1. The van der Waals surface area contributed by atoms with Gasteiger partial charge in [0.2, 0.25) is 5.82 Å². The summed E-state index contributed by atoms with van der Waals surface area (Å²) in [5.41, 5.74) is 0.721. The molecule has 226 valence electrons. The highest BCUT2D eigenvalue weighted by molar-refractivity contribution is 5.99. The number of halogens is 2. The van der Waals surface area contributed by atoms with Gasteiger partial charge in [-0.1, -0.05) is 35.5 Å². The van der Waals surface area contributed by atoms with Crippen LogP contribution in [0.25, 0.3) is 0 Å². The van der Waals surface area contributed by atoms with Gasteiger partial charge in [0, 0.05) is 19.4 Å². The molecule has 42 heavy (non-hydrogen) atoms. The molecule has 1 heterocycles. The zero-order chi connectivity index (χ0) is 30.3. The molecule has 4 rings (SSSR count). The molecule has 1 fully saturated rings. The molecule has 1 aliphatic rings. The Labute approximate surface area is 244 Å². The van der Waals surface area contributed by atoms with Crippen molar-refractivity contribution in [2.24, 2.45) is 0 Å². The smallest absolute Gasteiger partial charge is 0.318 e. The van der Waals surface area contributed by atoms with Crippen molar-refractivity contribution >= 4 is 11.8 Å². The zero-order valence-electron chi connectivity index (χ0n) is 24.5. The van der Waals surface area contributed by atoms with E-state index in [9.17, 15) is 18.4 Å². The molecule has 10 nitrogen and oxygen atoms in total. The number of nitrogens with zero attached hydrogens (tertiary/aromatic N) is 4. The van der Waals surface area contributed by atoms with Gasteiger partial charge in [0.15, 0.2) is 5.78 Å². The van der Waals surface area contributed by atoms with Crippen molar-refractivity contribution in [1.82, 2.24) is 30.8 Å². The molecular formula is C30H38F2N6O4. The molecule has 0 unspecified atom stereocenters. The van der Waals surface area contributed by atoms with Crippen molar-refractivity contribution in [3.63, 3.8) is 0 Å². The fourth-order valence-corrected chi connectivity index (χ4v) is 5.48. The maximum Gasteiger partial charge on any atom is 0.318 e. The van der Waals surface area contributed by atoms with Crippen molar-refractivity contribution in [1.29, 1.82) is 0 Å². The molecule has 1 saturated carbocycles. The first-order chi connectivity index (χ1) is 20.1. The topological polar surface area (TPSA) is 122 Å². The molecule has 0 aliphatic heterocycles. The van der Waals surface area contributed by atoms with Gasteiger partial charge in [0.05, 0.1) is 19.3 Å². The van der Waals surface area contributed by atoms with Gasteiger partial charge in [0.25, 0.3) is 5.92 Å². The lowest BCUT2D eigenvalue weighted by Crippen LogP contribution is -2.64. The molecule has 1 aromatic heterocycles.